The Bertz CT molecular complexity index is 651. The van der Waals surface area contributed by atoms with Crippen molar-refractivity contribution in [2.24, 2.45) is 0 Å². The molecule has 1 aliphatic heterocycles. The van der Waals surface area contributed by atoms with Crippen LogP contribution in [0.1, 0.15) is 18.4 Å². The smallest absolute Gasteiger partial charge is 0.237 e. The van der Waals surface area contributed by atoms with E-state index in [1.807, 2.05) is 4.90 Å². The Kier molecular flexibility index (Phi) is 6.09. The molecule has 1 aliphatic rings. The highest BCUT2D eigenvalue weighted by Crippen LogP contribution is 2.21. The lowest BCUT2D eigenvalue weighted by molar-refractivity contribution is -0.125. The van der Waals surface area contributed by atoms with E-state index in [2.05, 4.69) is 10.0 Å². The lowest BCUT2D eigenvalue weighted by Crippen LogP contribution is -2.44. The quantitative estimate of drug-likeness (QED) is 0.754. The van der Waals surface area contributed by atoms with Crippen molar-refractivity contribution in [2.45, 2.75) is 25.4 Å². The van der Waals surface area contributed by atoms with Crippen LogP contribution >= 0.6 is 0 Å². The first-order chi connectivity index (χ1) is 10.9. The van der Waals surface area contributed by atoms with Crippen LogP contribution in [-0.4, -0.2) is 51.2 Å². The van der Waals surface area contributed by atoms with E-state index < -0.39 is 10.0 Å². The van der Waals surface area contributed by atoms with Crippen LogP contribution in [-0.2, 0) is 21.4 Å². The van der Waals surface area contributed by atoms with Crippen LogP contribution in [0.25, 0.3) is 0 Å². The fourth-order valence-corrected chi connectivity index (χ4v) is 3.26. The van der Waals surface area contributed by atoms with Crippen LogP contribution in [0.2, 0.25) is 0 Å². The zero-order valence-electron chi connectivity index (χ0n) is 13.1. The number of carbonyl (C=O) groups is 1. The molecule has 6 nitrogen and oxygen atoms in total. The van der Waals surface area contributed by atoms with E-state index in [9.17, 15) is 17.6 Å². The van der Waals surface area contributed by atoms with Gasteiger partial charge in [-0.2, -0.15) is 0 Å². The lowest BCUT2D eigenvalue weighted by atomic mass is 10.1. The molecule has 0 saturated carbocycles. The van der Waals surface area contributed by atoms with Crippen LogP contribution in [0.3, 0.4) is 0 Å². The Morgan fingerprint density at radius 1 is 1.39 bits per heavy atom. The molecule has 23 heavy (non-hydrogen) atoms. The van der Waals surface area contributed by atoms with Gasteiger partial charge in [-0.05, 0) is 32.5 Å². The molecule has 1 aromatic rings. The maximum atomic E-state index is 13.7. The molecule has 1 fully saturated rings. The molecule has 0 radical (unpaired) electrons. The predicted octanol–water partition coefficient (Wildman–Crippen LogP) is 0.456. The minimum atomic E-state index is -3.33. The Balaban J connectivity index is 1.91. The molecule has 2 N–H and O–H groups in total. The van der Waals surface area contributed by atoms with E-state index in [-0.39, 0.29) is 30.1 Å². The van der Waals surface area contributed by atoms with Crippen LogP contribution in [0, 0.1) is 5.82 Å². The number of sulfonamides is 1. The summed E-state index contributed by atoms with van der Waals surface area (Å²) in [6, 6.07) is 6.18. The Morgan fingerprint density at radius 3 is 2.83 bits per heavy atom. The number of rotatable bonds is 7. The maximum absolute atomic E-state index is 13.7. The average Bonchev–Trinajstić information content (AvgIpc) is 2.97. The van der Waals surface area contributed by atoms with Gasteiger partial charge in [-0.25, -0.2) is 17.5 Å². The molecule has 8 heteroatoms. The molecular weight excluding hydrogens is 321 g/mol. The van der Waals surface area contributed by atoms with Gasteiger partial charge in [-0.15, -0.1) is 0 Å². The van der Waals surface area contributed by atoms with Crippen molar-refractivity contribution in [1.82, 2.24) is 14.9 Å². The van der Waals surface area contributed by atoms with Crippen molar-refractivity contribution in [3.05, 3.63) is 35.6 Å². The van der Waals surface area contributed by atoms with E-state index >= 15 is 0 Å². The van der Waals surface area contributed by atoms with Gasteiger partial charge in [0.2, 0.25) is 15.9 Å². The number of halogens is 1. The van der Waals surface area contributed by atoms with Crippen molar-refractivity contribution in [3.63, 3.8) is 0 Å². The van der Waals surface area contributed by atoms with Gasteiger partial charge < -0.3 is 5.32 Å². The van der Waals surface area contributed by atoms with Crippen LogP contribution in [0.4, 0.5) is 4.39 Å². The molecule has 2 rings (SSSR count). The van der Waals surface area contributed by atoms with E-state index in [0.29, 0.717) is 18.5 Å². The maximum Gasteiger partial charge on any atom is 0.237 e. The summed E-state index contributed by atoms with van der Waals surface area (Å²) in [5, 5.41) is 2.65. The second kappa shape index (κ2) is 7.85. The molecule has 1 amide bonds. The van der Waals surface area contributed by atoms with E-state index in [4.69, 9.17) is 0 Å². The van der Waals surface area contributed by atoms with Gasteiger partial charge >= 0.3 is 0 Å². The van der Waals surface area contributed by atoms with Gasteiger partial charge in [0, 0.05) is 18.7 Å². The first-order valence-corrected chi connectivity index (χ1v) is 9.24. The Hall–Kier alpha value is -1.51. The molecule has 1 atom stereocenters. The number of hydrogen-bond donors (Lipinski definition) is 2. The highest BCUT2D eigenvalue weighted by Gasteiger charge is 2.30. The van der Waals surface area contributed by atoms with Crippen molar-refractivity contribution >= 4 is 15.9 Å². The molecule has 1 aromatic carbocycles. The normalized spacial score (nSPS) is 19.0. The number of nitrogens with one attached hydrogen (secondary N) is 2. The minimum absolute atomic E-state index is 0.0616. The molecule has 0 aromatic heterocycles. The number of amides is 1. The molecule has 0 spiro atoms. The number of hydrogen-bond acceptors (Lipinski definition) is 4. The van der Waals surface area contributed by atoms with Crippen molar-refractivity contribution in [1.29, 1.82) is 0 Å². The summed E-state index contributed by atoms with van der Waals surface area (Å²) >= 11 is 0. The second-order valence-electron chi connectivity index (χ2n) is 5.53. The topological polar surface area (TPSA) is 78.5 Å². The molecule has 1 heterocycles. The van der Waals surface area contributed by atoms with Gasteiger partial charge in [-0.1, -0.05) is 18.2 Å². The third-order valence-electron chi connectivity index (χ3n) is 3.98. The predicted molar refractivity (Wildman–Crippen MR) is 85.7 cm³/mol. The van der Waals surface area contributed by atoms with Gasteiger partial charge in [0.05, 0.1) is 11.8 Å². The first kappa shape index (κ1) is 17.8. The number of nitrogens with zero attached hydrogens (tertiary/aromatic N) is 1. The van der Waals surface area contributed by atoms with Crippen LogP contribution in [0.5, 0.6) is 0 Å². The summed E-state index contributed by atoms with van der Waals surface area (Å²) in [6.45, 7) is 1.16. The fraction of sp³-hybridized carbons (Fsp3) is 0.533. The fourth-order valence-electron chi connectivity index (χ4n) is 2.69. The van der Waals surface area contributed by atoms with E-state index in [1.165, 1.54) is 13.1 Å². The minimum Gasteiger partial charge on any atom is -0.354 e. The van der Waals surface area contributed by atoms with Gasteiger partial charge in [0.1, 0.15) is 5.82 Å². The molecule has 1 saturated heterocycles. The zero-order chi connectivity index (χ0) is 16.9. The molecule has 1 unspecified atom stereocenters. The Morgan fingerprint density at radius 2 is 2.13 bits per heavy atom. The zero-order valence-corrected chi connectivity index (χ0v) is 13.9. The monoisotopic (exact) mass is 343 g/mol. The number of benzene rings is 1. The number of likely N-dealkylation sites (tertiary alicyclic amines) is 1. The second-order valence-corrected chi connectivity index (χ2v) is 7.58. The van der Waals surface area contributed by atoms with E-state index in [0.717, 1.165) is 13.0 Å². The van der Waals surface area contributed by atoms with Crippen LogP contribution in [0.15, 0.2) is 24.3 Å². The standard InChI is InChI=1S/C15H22FN3O3S/c1-17-23(21,22)10-8-18-15(20)14-7-4-9-19(14)11-12-5-2-3-6-13(12)16/h2-3,5-6,14,17H,4,7-11H2,1H3,(H,18,20). The summed E-state index contributed by atoms with van der Waals surface area (Å²) < 4.78 is 38.6. The third kappa shape index (κ3) is 4.98. The highest BCUT2D eigenvalue weighted by atomic mass is 32.2. The summed E-state index contributed by atoms with van der Waals surface area (Å²) in [5.41, 5.74) is 0.560. The van der Waals surface area contributed by atoms with Gasteiger partial charge in [0.25, 0.3) is 0 Å². The van der Waals surface area contributed by atoms with Crippen molar-refractivity contribution < 1.29 is 17.6 Å². The molecule has 0 aliphatic carbocycles. The SMILES string of the molecule is CNS(=O)(=O)CCNC(=O)C1CCCN1Cc1ccccc1F. The summed E-state index contributed by atoms with van der Waals surface area (Å²) in [7, 11) is -2.00. The number of carbonyl (C=O) groups excluding carboxylic acids is 1. The average molecular weight is 343 g/mol. The van der Waals surface area contributed by atoms with Gasteiger partial charge in [-0.3, -0.25) is 9.69 Å². The van der Waals surface area contributed by atoms with Crippen LogP contribution < -0.4 is 10.0 Å². The molecule has 128 valence electrons. The first-order valence-electron chi connectivity index (χ1n) is 7.59. The highest BCUT2D eigenvalue weighted by molar-refractivity contribution is 7.89. The summed E-state index contributed by atoms with van der Waals surface area (Å²) in [4.78, 5) is 14.2. The van der Waals surface area contributed by atoms with E-state index in [1.54, 1.807) is 18.2 Å². The Labute approximate surface area is 136 Å². The largest absolute Gasteiger partial charge is 0.354 e. The van der Waals surface area contributed by atoms with Crippen molar-refractivity contribution in [2.75, 3.05) is 25.9 Å². The summed E-state index contributed by atoms with van der Waals surface area (Å²) in [6.07, 6.45) is 1.56. The summed E-state index contributed by atoms with van der Waals surface area (Å²) in [5.74, 6) is -0.640. The molecule has 0 bridgehead atoms. The molecular formula is C15H22FN3O3S. The van der Waals surface area contributed by atoms with Crippen molar-refractivity contribution in [3.8, 4) is 0 Å². The third-order valence-corrected chi connectivity index (χ3v) is 5.34. The van der Waals surface area contributed by atoms with Gasteiger partial charge in [0.15, 0.2) is 0 Å². The lowest BCUT2D eigenvalue weighted by Gasteiger charge is -2.23.